The van der Waals surface area contributed by atoms with Gasteiger partial charge in [0.05, 0.1) is 6.10 Å². The van der Waals surface area contributed by atoms with Gasteiger partial charge in [-0.1, -0.05) is 6.92 Å². The number of rotatable bonds is 2. The number of aliphatic hydroxyl groups excluding tert-OH is 1. The Balaban J connectivity index is 2.33. The lowest BCUT2D eigenvalue weighted by Crippen LogP contribution is -2.37. The zero-order chi connectivity index (χ0) is 8.27. The van der Waals surface area contributed by atoms with Crippen LogP contribution < -0.4 is 0 Å². The zero-order valence-corrected chi connectivity index (χ0v) is 7.58. The summed E-state index contributed by atoms with van der Waals surface area (Å²) < 4.78 is 0. The first-order chi connectivity index (χ1) is 5.24. The first kappa shape index (κ1) is 9.01. The van der Waals surface area contributed by atoms with Gasteiger partial charge in [-0.3, -0.25) is 0 Å². The molecule has 2 unspecified atom stereocenters. The normalized spacial score (nSPS) is 30.3. The van der Waals surface area contributed by atoms with E-state index in [1.54, 1.807) is 0 Å². The van der Waals surface area contributed by atoms with Crippen LogP contribution in [0.3, 0.4) is 0 Å². The van der Waals surface area contributed by atoms with Crippen molar-refractivity contribution in [3.63, 3.8) is 0 Å². The van der Waals surface area contributed by atoms with Gasteiger partial charge in [-0.25, -0.2) is 0 Å². The summed E-state index contributed by atoms with van der Waals surface area (Å²) in [6, 6.07) is 0. The molecule has 1 saturated heterocycles. The van der Waals surface area contributed by atoms with Gasteiger partial charge in [0.2, 0.25) is 0 Å². The first-order valence-electron chi connectivity index (χ1n) is 4.60. The molecule has 66 valence electrons. The van der Waals surface area contributed by atoms with Crippen molar-refractivity contribution in [2.45, 2.75) is 32.3 Å². The van der Waals surface area contributed by atoms with Crippen LogP contribution in [0.25, 0.3) is 0 Å². The molecule has 0 aromatic heterocycles. The Kier molecular flexibility index (Phi) is 3.34. The third-order valence-electron chi connectivity index (χ3n) is 2.62. The Hall–Kier alpha value is -0.0800. The maximum atomic E-state index is 9.57. The maximum absolute atomic E-state index is 9.57. The molecule has 0 aliphatic carbocycles. The molecule has 0 spiro atoms. The second-order valence-corrected chi connectivity index (χ2v) is 3.64. The van der Waals surface area contributed by atoms with E-state index in [4.69, 9.17) is 0 Å². The molecule has 0 amide bonds. The fourth-order valence-electron chi connectivity index (χ4n) is 1.85. The Bertz CT molecular complexity index is 116. The van der Waals surface area contributed by atoms with Crippen molar-refractivity contribution in [1.82, 2.24) is 4.90 Å². The molecule has 2 atom stereocenters. The molecule has 2 nitrogen and oxygen atoms in total. The molecule has 1 aliphatic heterocycles. The monoisotopic (exact) mass is 157 g/mol. The summed E-state index contributed by atoms with van der Waals surface area (Å²) in [6.07, 6.45) is 3.29. The largest absolute Gasteiger partial charge is 0.393 e. The molecule has 0 aromatic carbocycles. The number of piperidine rings is 1. The van der Waals surface area contributed by atoms with Crippen LogP contribution in [0.1, 0.15) is 26.2 Å². The van der Waals surface area contributed by atoms with Crippen LogP contribution in [0.4, 0.5) is 0 Å². The topological polar surface area (TPSA) is 23.5 Å². The van der Waals surface area contributed by atoms with Gasteiger partial charge in [0.15, 0.2) is 0 Å². The highest BCUT2D eigenvalue weighted by Gasteiger charge is 2.22. The van der Waals surface area contributed by atoms with Crippen LogP contribution in [-0.2, 0) is 0 Å². The molecule has 2 heteroatoms. The van der Waals surface area contributed by atoms with Gasteiger partial charge < -0.3 is 10.0 Å². The van der Waals surface area contributed by atoms with Crippen LogP contribution >= 0.6 is 0 Å². The fraction of sp³-hybridized carbons (Fsp3) is 1.00. The van der Waals surface area contributed by atoms with E-state index in [1.165, 1.54) is 19.4 Å². The molecule has 1 heterocycles. The molecule has 11 heavy (non-hydrogen) atoms. The van der Waals surface area contributed by atoms with E-state index in [0.29, 0.717) is 5.92 Å². The number of hydrogen-bond donors (Lipinski definition) is 1. The summed E-state index contributed by atoms with van der Waals surface area (Å²) in [7, 11) is 2.13. The van der Waals surface area contributed by atoms with E-state index < -0.39 is 0 Å². The van der Waals surface area contributed by atoms with Crippen molar-refractivity contribution in [3.05, 3.63) is 0 Å². The molecule has 0 radical (unpaired) electrons. The average Bonchev–Trinajstić information content (AvgIpc) is 2.03. The molecule has 1 rings (SSSR count). The number of nitrogens with zero attached hydrogens (tertiary/aromatic N) is 1. The number of hydrogen-bond acceptors (Lipinski definition) is 2. The van der Waals surface area contributed by atoms with E-state index in [-0.39, 0.29) is 6.10 Å². The predicted molar refractivity (Wildman–Crippen MR) is 46.5 cm³/mol. The second-order valence-electron chi connectivity index (χ2n) is 3.64. The molecular weight excluding hydrogens is 138 g/mol. The first-order valence-corrected chi connectivity index (χ1v) is 4.60. The lowest BCUT2D eigenvalue weighted by Gasteiger charge is -2.32. The molecule has 0 saturated carbocycles. The lowest BCUT2D eigenvalue weighted by atomic mass is 9.91. The quantitative estimate of drug-likeness (QED) is 0.649. The van der Waals surface area contributed by atoms with E-state index in [2.05, 4.69) is 18.9 Å². The number of aliphatic hydroxyl groups is 1. The van der Waals surface area contributed by atoms with Gasteiger partial charge in [-0.05, 0) is 38.8 Å². The summed E-state index contributed by atoms with van der Waals surface area (Å²) in [5, 5.41) is 9.57. The summed E-state index contributed by atoms with van der Waals surface area (Å²) in [4.78, 5) is 2.31. The van der Waals surface area contributed by atoms with Crippen molar-refractivity contribution in [3.8, 4) is 0 Å². The highest BCUT2D eigenvalue weighted by atomic mass is 16.3. The standard InChI is InChI=1S/C9H19NO/c1-3-9(11)8-5-4-6-10(2)7-8/h8-9,11H,3-7H2,1-2H3. The third-order valence-corrected chi connectivity index (χ3v) is 2.62. The fourth-order valence-corrected chi connectivity index (χ4v) is 1.85. The smallest absolute Gasteiger partial charge is 0.0578 e. The Morgan fingerprint density at radius 2 is 2.36 bits per heavy atom. The Morgan fingerprint density at radius 1 is 1.64 bits per heavy atom. The van der Waals surface area contributed by atoms with Crippen molar-refractivity contribution >= 4 is 0 Å². The van der Waals surface area contributed by atoms with Gasteiger partial charge in [-0.15, -0.1) is 0 Å². The molecular formula is C9H19NO. The predicted octanol–water partition coefficient (Wildman–Crippen LogP) is 1.10. The van der Waals surface area contributed by atoms with E-state index in [1.807, 2.05) is 0 Å². The van der Waals surface area contributed by atoms with E-state index in [0.717, 1.165) is 13.0 Å². The molecule has 1 fully saturated rings. The Morgan fingerprint density at radius 3 is 2.91 bits per heavy atom. The highest BCUT2D eigenvalue weighted by Crippen LogP contribution is 2.19. The summed E-state index contributed by atoms with van der Waals surface area (Å²) in [5.41, 5.74) is 0. The van der Waals surface area contributed by atoms with Crippen LogP contribution in [0.5, 0.6) is 0 Å². The lowest BCUT2D eigenvalue weighted by molar-refractivity contribution is 0.0572. The van der Waals surface area contributed by atoms with E-state index >= 15 is 0 Å². The molecule has 1 aliphatic rings. The van der Waals surface area contributed by atoms with Crippen LogP contribution in [0.2, 0.25) is 0 Å². The number of likely N-dealkylation sites (tertiary alicyclic amines) is 1. The van der Waals surface area contributed by atoms with Crippen molar-refractivity contribution < 1.29 is 5.11 Å². The summed E-state index contributed by atoms with van der Waals surface area (Å²) >= 11 is 0. The van der Waals surface area contributed by atoms with Gasteiger partial charge in [0.25, 0.3) is 0 Å². The van der Waals surface area contributed by atoms with Gasteiger partial charge in [0.1, 0.15) is 0 Å². The van der Waals surface area contributed by atoms with Crippen molar-refractivity contribution in [2.75, 3.05) is 20.1 Å². The SMILES string of the molecule is CCC(O)C1CCCN(C)C1. The van der Waals surface area contributed by atoms with Gasteiger partial charge >= 0.3 is 0 Å². The van der Waals surface area contributed by atoms with Crippen molar-refractivity contribution in [2.24, 2.45) is 5.92 Å². The summed E-state index contributed by atoms with van der Waals surface area (Å²) in [5.74, 6) is 0.527. The minimum absolute atomic E-state index is 0.0715. The second kappa shape index (κ2) is 4.07. The Labute approximate surface area is 69.2 Å². The maximum Gasteiger partial charge on any atom is 0.0578 e. The van der Waals surface area contributed by atoms with Crippen LogP contribution in [0, 0.1) is 5.92 Å². The molecule has 0 aromatic rings. The third kappa shape index (κ3) is 2.46. The van der Waals surface area contributed by atoms with Crippen LogP contribution in [0.15, 0.2) is 0 Å². The average molecular weight is 157 g/mol. The minimum atomic E-state index is -0.0715. The van der Waals surface area contributed by atoms with Crippen LogP contribution in [-0.4, -0.2) is 36.2 Å². The zero-order valence-electron chi connectivity index (χ0n) is 7.58. The summed E-state index contributed by atoms with van der Waals surface area (Å²) in [6.45, 7) is 4.33. The molecule has 0 bridgehead atoms. The highest BCUT2D eigenvalue weighted by molar-refractivity contribution is 4.75. The van der Waals surface area contributed by atoms with Crippen molar-refractivity contribution in [1.29, 1.82) is 0 Å². The van der Waals surface area contributed by atoms with Gasteiger partial charge in [0, 0.05) is 6.54 Å². The minimum Gasteiger partial charge on any atom is -0.393 e. The molecule has 1 N–H and O–H groups in total. The van der Waals surface area contributed by atoms with Gasteiger partial charge in [-0.2, -0.15) is 0 Å². The van der Waals surface area contributed by atoms with E-state index in [9.17, 15) is 5.11 Å².